The van der Waals surface area contributed by atoms with Crippen molar-refractivity contribution in [2.75, 3.05) is 36.5 Å². The predicted octanol–water partition coefficient (Wildman–Crippen LogP) is 3.85. The molecule has 22 heavy (non-hydrogen) atoms. The Balaban J connectivity index is 1.66. The Hall–Kier alpha value is -1.00. The Morgan fingerprint density at radius 3 is 2.64 bits per heavy atom. The molecular formula is C18H28N2OS. The van der Waals surface area contributed by atoms with Crippen LogP contribution in [0.3, 0.4) is 0 Å². The fourth-order valence-electron chi connectivity index (χ4n) is 2.78. The number of hydrogen-bond donors (Lipinski definition) is 1. The van der Waals surface area contributed by atoms with Gasteiger partial charge in [-0.2, -0.15) is 11.8 Å². The zero-order chi connectivity index (χ0) is 15.8. The molecule has 1 fully saturated rings. The Morgan fingerprint density at radius 2 is 1.91 bits per heavy atom. The second-order valence-corrected chi connectivity index (χ2v) is 7.28. The highest BCUT2D eigenvalue weighted by Crippen LogP contribution is 2.17. The van der Waals surface area contributed by atoms with Crippen molar-refractivity contribution >= 4 is 23.4 Å². The van der Waals surface area contributed by atoms with Gasteiger partial charge in [0, 0.05) is 18.0 Å². The maximum Gasteiger partial charge on any atom is 0.234 e. The number of nitrogens with one attached hydrogen (secondary N) is 1. The van der Waals surface area contributed by atoms with Gasteiger partial charge < -0.3 is 10.2 Å². The molecule has 0 saturated carbocycles. The number of rotatable bonds is 6. The maximum atomic E-state index is 12.0. The normalized spacial score (nSPS) is 16.3. The summed E-state index contributed by atoms with van der Waals surface area (Å²) in [6, 6.07) is 6.16. The summed E-state index contributed by atoms with van der Waals surface area (Å²) in [5.41, 5.74) is 3.24. The molecule has 1 aliphatic rings. The van der Waals surface area contributed by atoms with Crippen LogP contribution in [0.4, 0.5) is 5.69 Å². The van der Waals surface area contributed by atoms with E-state index in [0.717, 1.165) is 23.5 Å². The van der Waals surface area contributed by atoms with Gasteiger partial charge in [-0.25, -0.2) is 0 Å². The van der Waals surface area contributed by atoms with E-state index in [1.54, 1.807) is 11.8 Å². The van der Waals surface area contributed by atoms with Crippen molar-refractivity contribution in [2.45, 2.75) is 39.5 Å². The molecule has 122 valence electrons. The number of benzene rings is 1. The predicted molar refractivity (Wildman–Crippen MR) is 96.8 cm³/mol. The van der Waals surface area contributed by atoms with E-state index in [-0.39, 0.29) is 5.91 Å². The van der Waals surface area contributed by atoms with Crippen LogP contribution in [0.5, 0.6) is 0 Å². The van der Waals surface area contributed by atoms with Gasteiger partial charge in [0.15, 0.2) is 0 Å². The fourth-order valence-corrected chi connectivity index (χ4v) is 3.56. The highest BCUT2D eigenvalue weighted by Gasteiger charge is 2.09. The van der Waals surface area contributed by atoms with Crippen LogP contribution in [0.2, 0.25) is 0 Å². The number of carbonyl (C=O) groups is 1. The first-order chi connectivity index (χ1) is 10.6. The third-order valence-corrected chi connectivity index (χ3v) is 5.09. The number of thioether (sulfide) groups is 1. The smallest absolute Gasteiger partial charge is 0.234 e. The molecule has 1 heterocycles. The third kappa shape index (κ3) is 6.01. The van der Waals surface area contributed by atoms with Crippen LogP contribution in [-0.4, -0.2) is 41.9 Å². The van der Waals surface area contributed by atoms with E-state index in [4.69, 9.17) is 0 Å². The molecule has 1 N–H and O–H groups in total. The lowest BCUT2D eigenvalue weighted by Crippen LogP contribution is -2.27. The van der Waals surface area contributed by atoms with Crippen LogP contribution < -0.4 is 5.32 Å². The van der Waals surface area contributed by atoms with Gasteiger partial charge in [0.05, 0.1) is 5.75 Å². The van der Waals surface area contributed by atoms with Crippen molar-refractivity contribution < 1.29 is 4.79 Å². The van der Waals surface area contributed by atoms with E-state index in [0.29, 0.717) is 5.75 Å². The van der Waals surface area contributed by atoms with Gasteiger partial charge in [-0.15, -0.1) is 0 Å². The lowest BCUT2D eigenvalue weighted by atomic mass is 10.1. The topological polar surface area (TPSA) is 32.3 Å². The molecule has 0 aromatic heterocycles. The molecule has 0 unspecified atom stereocenters. The molecule has 1 aromatic carbocycles. The van der Waals surface area contributed by atoms with Crippen LogP contribution in [0.15, 0.2) is 18.2 Å². The van der Waals surface area contributed by atoms with Gasteiger partial charge in [0.1, 0.15) is 0 Å². The van der Waals surface area contributed by atoms with Crippen molar-refractivity contribution in [2.24, 2.45) is 0 Å². The van der Waals surface area contributed by atoms with E-state index >= 15 is 0 Å². The van der Waals surface area contributed by atoms with Crippen LogP contribution >= 0.6 is 11.8 Å². The van der Waals surface area contributed by atoms with E-state index in [9.17, 15) is 4.79 Å². The quantitative estimate of drug-likeness (QED) is 0.808. The molecule has 1 aliphatic heterocycles. The molecular weight excluding hydrogens is 292 g/mol. The second-order valence-electron chi connectivity index (χ2n) is 6.17. The number of anilines is 1. The van der Waals surface area contributed by atoms with Crippen molar-refractivity contribution in [3.63, 3.8) is 0 Å². The van der Waals surface area contributed by atoms with E-state index in [2.05, 4.69) is 22.3 Å². The maximum absolute atomic E-state index is 12.0. The van der Waals surface area contributed by atoms with Crippen molar-refractivity contribution in [1.82, 2.24) is 4.90 Å². The zero-order valence-corrected chi connectivity index (χ0v) is 14.7. The molecule has 0 radical (unpaired) electrons. The molecule has 0 bridgehead atoms. The molecule has 0 atom stereocenters. The average molecular weight is 321 g/mol. The molecule has 0 spiro atoms. The highest BCUT2D eigenvalue weighted by atomic mass is 32.2. The van der Waals surface area contributed by atoms with E-state index in [1.807, 2.05) is 19.9 Å². The zero-order valence-electron chi connectivity index (χ0n) is 13.9. The molecule has 1 aromatic rings. The molecule has 3 nitrogen and oxygen atoms in total. The Bertz CT molecular complexity index is 482. The summed E-state index contributed by atoms with van der Waals surface area (Å²) in [7, 11) is 0. The minimum atomic E-state index is 0.106. The third-order valence-electron chi connectivity index (χ3n) is 4.15. The average Bonchev–Trinajstić information content (AvgIpc) is 2.76. The first kappa shape index (κ1) is 17.4. The molecule has 1 amide bonds. The van der Waals surface area contributed by atoms with Gasteiger partial charge in [-0.3, -0.25) is 4.79 Å². The minimum absolute atomic E-state index is 0.106. The Kier molecular flexibility index (Phi) is 7.26. The minimum Gasteiger partial charge on any atom is -0.325 e. The van der Waals surface area contributed by atoms with Crippen molar-refractivity contribution in [3.05, 3.63) is 29.3 Å². The van der Waals surface area contributed by atoms with Crippen LogP contribution in [0, 0.1) is 13.8 Å². The summed E-state index contributed by atoms with van der Waals surface area (Å²) in [6.45, 7) is 7.65. The number of hydrogen-bond acceptors (Lipinski definition) is 3. The summed E-state index contributed by atoms with van der Waals surface area (Å²) in [5, 5.41) is 3.03. The summed E-state index contributed by atoms with van der Waals surface area (Å²) in [6.07, 6.45) is 5.42. The second kappa shape index (κ2) is 9.21. The molecule has 2 rings (SSSR count). The lowest BCUT2D eigenvalue weighted by molar-refractivity contribution is -0.113. The van der Waals surface area contributed by atoms with Gasteiger partial charge in [0.25, 0.3) is 0 Å². The van der Waals surface area contributed by atoms with Crippen LogP contribution in [0.25, 0.3) is 0 Å². The number of carbonyl (C=O) groups excluding carboxylic acids is 1. The van der Waals surface area contributed by atoms with Crippen LogP contribution in [-0.2, 0) is 4.79 Å². The SMILES string of the molecule is Cc1ccc(C)c(NC(=O)CSCCN2CCCCCC2)c1. The lowest BCUT2D eigenvalue weighted by Gasteiger charge is -2.19. The summed E-state index contributed by atoms with van der Waals surface area (Å²) in [5.74, 6) is 1.69. The molecule has 4 heteroatoms. The first-order valence-electron chi connectivity index (χ1n) is 8.32. The standard InChI is InChI=1S/C18H28N2OS/c1-15-7-8-16(2)17(13-15)19-18(21)14-22-12-11-20-9-5-3-4-6-10-20/h7-8,13H,3-6,9-12,14H2,1-2H3,(H,19,21). The number of nitrogens with zero attached hydrogens (tertiary/aromatic N) is 1. The van der Waals surface area contributed by atoms with E-state index in [1.165, 1.54) is 44.3 Å². The highest BCUT2D eigenvalue weighted by molar-refractivity contribution is 7.99. The van der Waals surface area contributed by atoms with Crippen molar-refractivity contribution in [1.29, 1.82) is 0 Å². The summed E-state index contributed by atoms with van der Waals surface area (Å²) in [4.78, 5) is 14.6. The fraction of sp³-hybridized carbons (Fsp3) is 0.611. The van der Waals surface area contributed by atoms with Gasteiger partial charge in [-0.1, -0.05) is 25.0 Å². The Morgan fingerprint density at radius 1 is 1.18 bits per heavy atom. The van der Waals surface area contributed by atoms with Crippen molar-refractivity contribution in [3.8, 4) is 0 Å². The number of likely N-dealkylation sites (tertiary alicyclic amines) is 1. The van der Waals surface area contributed by atoms with E-state index < -0.39 is 0 Å². The summed E-state index contributed by atoms with van der Waals surface area (Å²) >= 11 is 1.74. The number of amides is 1. The first-order valence-corrected chi connectivity index (χ1v) is 9.48. The molecule has 1 saturated heterocycles. The van der Waals surface area contributed by atoms with Gasteiger partial charge in [0.2, 0.25) is 5.91 Å². The Labute approximate surface area is 138 Å². The monoisotopic (exact) mass is 320 g/mol. The largest absolute Gasteiger partial charge is 0.325 e. The number of aryl methyl sites for hydroxylation is 2. The van der Waals surface area contributed by atoms with Gasteiger partial charge >= 0.3 is 0 Å². The van der Waals surface area contributed by atoms with Gasteiger partial charge in [-0.05, 0) is 57.0 Å². The summed E-state index contributed by atoms with van der Waals surface area (Å²) < 4.78 is 0. The molecule has 0 aliphatic carbocycles. The van der Waals surface area contributed by atoms with Crippen LogP contribution in [0.1, 0.15) is 36.8 Å².